The van der Waals surface area contributed by atoms with E-state index in [-0.39, 0.29) is 23.1 Å². The summed E-state index contributed by atoms with van der Waals surface area (Å²) in [5.74, 6) is -0.505. The van der Waals surface area contributed by atoms with Crippen molar-refractivity contribution in [3.63, 3.8) is 0 Å². The molecule has 1 aliphatic heterocycles. The third-order valence-electron chi connectivity index (χ3n) is 6.39. The van der Waals surface area contributed by atoms with E-state index in [1.54, 1.807) is 26.0 Å². The Kier molecular flexibility index (Phi) is 6.77. The molecule has 0 fully saturated rings. The summed E-state index contributed by atoms with van der Waals surface area (Å²) < 4.78 is 27.3. The van der Waals surface area contributed by atoms with Gasteiger partial charge in [0.05, 0.1) is 4.90 Å². The normalized spacial score (nSPS) is 15.6. The summed E-state index contributed by atoms with van der Waals surface area (Å²) >= 11 is 0. The van der Waals surface area contributed by atoms with Gasteiger partial charge in [-0.25, -0.2) is 8.42 Å². The molecular weight excluding hydrogens is 452 g/mol. The molecule has 2 heterocycles. The number of nitrogens with zero attached hydrogens (tertiary/aromatic N) is 2. The number of hydrogen-bond donors (Lipinski definition) is 2. The highest BCUT2D eigenvalue weighted by molar-refractivity contribution is 7.89. The Hall–Kier alpha value is -3.17. The SMILES string of the molecule is CCN(CC)S(=O)(=O)c1ccc2c(c1)CC(C(=O)NCCc1c[nH]c3ccccc13)N2C(C)=O. The maximum atomic E-state index is 13.1. The number of anilines is 1. The Labute approximate surface area is 200 Å². The van der Waals surface area contributed by atoms with Crippen LogP contribution in [0, 0.1) is 0 Å². The highest BCUT2D eigenvalue weighted by atomic mass is 32.2. The molecule has 3 aromatic rings. The van der Waals surface area contributed by atoms with Crippen molar-refractivity contribution in [2.45, 2.75) is 44.6 Å². The van der Waals surface area contributed by atoms with Crippen molar-refractivity contribution in [3.8, 4) is 0 Å². The number of benzene rings is 2. The van der Waals surface area contributed by atoms with Gasteiger partial charge in [0.25, 0.3) is 0 Å². The first kappa shape index (κ1) is 24.0. The van der Waals surface area contributed by atoms with E-state index in [1.807, 2.05) is 30.5 Å². The molecule has 0 radical (unpaired) electrons. The zero-order valence-electron chi connectivity index (χ0n) is 19.7. The summed E-state index contributed by atoms with van der Waals surface area (Å²) in [5, 5.41) is 4.08. The van der Waals surface area contributed by atoms with E-state index < -0.39 is 16.1 Å². The van der Waals surface area contributed by atoms with Crippen LogP contribution in [0.4, 0.5) is 5.69 Å². The third kappa shape index (κ3) is 4.33. The van der Waals surface area contributed by atoms with Crippen molar-refractivity contribution in [3.05, 3.63) is 59.8 Å². The number of carbonyl (C=O) groups excluding carboxylic acids is 2. The fourth-order valence-corrected chi connectivity index (χ4v) is 6.19. The molecule has 0 saturated carbocycles. The molecule has 34 heavy (non-hydrogen) atoms. The van der Waals surface area contributed by atoms with E-state index in [9.17, 15) is 18.0 Å². The van der Waals surface area contributed by atoms with Crippen molar-refractivity contribution in [2.24, 2.45) is 0 Å². The van der Waals surface area contributed by atoms with Gasteiger partial charge in [0.1, 0.15) is 6.04 Å². The molecule has 9 heteroatoms. The topological polar surface area (TPSA) is 103 Å². The quantitative estimate of drug-likeness (QED) is 0.515. The van der Waals surface area contributed by atoms with Crippen LogP contribution in [-0.2, 0) is 32.5 Å². The number of H-pyrrole nitrogens is 1. The zero-order valence-corrected chi connectivity index (χ0v) is 20.5. The van der Waals surface area contributed by atoms with Crippen LogP contribution < -0.4 is 10.2 Å². The van der Waals surface area contributed by atoms with Crippen molar-refractivity contribution in [2.75, 3.05) is 24.5 Å². The molecule has 1 unspecified atom stereocenters. The summed E-state index contributed by atoms with van der Waals surface area (Å²) in [6, 6.07) is 12.0. The van der Waals surface area contributed by atoms with Gasteiger partial charge in [-0.1, -0.05) is 32.0 Å². The molecule has 1 aromatic heterocycles. The number of nitrogens with one attached hydrogen (secondary N) is 2. The summed E-state index contributed by atoms with van der Waals surface area (Å²) in [4.78, 5) is 30.4. The number of fused-ring (bicyclic) bond motifs is 2. The average Bonchev–Trinajstić information content (AvgIpc) is 3.41. The van der Waals surface area contributed by atoms with Crippen LogP contribution in [0.1, 0.15) is 31.9 Å². The van der Waals surface area contributed by atoms with E-state index in [4.69, 9.17) is 0 Å². The van der Waals surface area contributed by atoms with Gasteiger partial charge >= 0.3 is 0 Å². The number of para-hydroxylation sites is 1. The molecule has 4 rings (SSSR count). The zero-order chi connectivity index (χ0) is 24.5. The van der Waals surface area contributed by atoms with Crippen molar-refractivity contribution < 1.29 is 18.0 Å². The largest absolute Gasteiger partial charge is 0.361 e. The molecule has 1 atom stereocenters. The van der Waals surface area contributed by atoms with Crippen LogP contribution in [0.5, 0.6) is 0 Å². The Morgan fingerprint density at radius 1 is 1.15 bits per heavy atom. The molecular formula is C25H30N4O4S. The van der Waals surface area contributed by atoms with Crippen LogP contribution in [0.25, 0.3) is 10.9 Å². The van der Waals surface area contributed by atoms with E-state index in [0.29, 0.717) is 37.3 Å². The number of aromatic nitrogens is 1. The van der Waals surface area contributed by atoms with Gasteiger partial charge in [-0.3, -0.25) is 14.5 Å². The minimum atomic E-state index is -3.63. The number of carbonyl (C=O) groups is 2. The van der Waals surface area contributed by atoms with Gasteiger partial charge in [0.15, 0.2) is 0 Å². The van der Waals surface area contributed by atoms with E-state index in [0.717, 1.165) is 16.5 Å². The molecule has 0 saturated heterocycles. The monoisotopic (exact) mass is 482 g/mol. The third-order valence-corrected chi connectivity index (χ3v) is 8.43. The Morgan fingerprint density at radius 2 is 1.88 bits per heavy atom. The summed E-state index contributed by atoms with van der Waals surface area (Å²) in [5.41, 5.74) is 3.43. The predicted molar refractivity (Wildman–Crippen MR) is 132 cm³/mol. The van der Waals surface area contributed by atoms with Crippen LogP contribution >= 0.6 is 0 Å². The molecule has 1 aliphatic rings. The summed E-state index contributed by atoms with van der Waals surface area (Å²) in [6.45, 7) is 6.18. The lowest BCUT2D eigenvalue weighted by Crippen LogP contribution is -2.47. The summed E-state index contributed by atoms with van der Waals surface area (Å²) in [6.07, 6.45) is 2.87. The minimum Gasteiger partial charge on any atom is -0.361 e. The van der Waals surface area contributed by atoms with Crippen LogP contribution in [-0.4, -0.2) is 55.2 Å². The number of amides is 2. The second kappa shape index (κ2) is 9.60. The molecule has 2 aromatic carbocycles. The minimum absolute atomic E-state index is 0.179. The lowest BCUT2D eigenvalue weighted by Gasteiger charge is -2.23. The van der Waals surface area contributed by atoms with Crippen molar-refractivity contribution in [1.29, 1.82) is 0 Å². The first-order valence-corrected chi connectivity index (χ1v) is 13.0. The van der Waals surface area contributed by atoms with Gasteiger partial charge in [-0.15, -0.1) is 0 Å². The number of rotatable bonds is 8. The first-order valence-electron chi connectivity index (χ1n) is 11.5. The maximum absolute atomic E-state index is 13.1. The fraction of sp³-hybridized carbons (Fsp3) is 0.360. The first-order chi connectivity index (χ1) is 16.3. The number of aromatic amines is 1. The number of hydrogen-bond acceptors (Lipinski definition) is 4. The second-order valence-electron chi connectivity index (χ2n) is 8.39. The van der Waals surface area contributed by atoms with Gasteiger partial charge in [-0.2, -0.15) is 4.31 Å². The second-order valence-corrected chi connectivity index (χ2v) is 10.3. The van der Waals surface area contributed by atoms with Crippen molar-refractivity contribution >= 4 is 38.4 Å². The van der Waals surface area contributed by atoms with Gasteiger partial charge < -0.3 is 10.3 Å². The van der Waals surface area contributed by atoms with Crippen LogP contribution in [0.3, 0.4) is 0 Å². The molecule has 0 spiro atoms. The Morgan fingerprint density at radius 3 is 2.59 bits per heavy atom. The number of sulfonamides is 1. The van der Waals surface area contributed by atoms with Gasteiger partial charge in [0, 0.05) is 55.8 Å². The standard InChI is InChI=1S/C25H30N4O4S/c1-4-28(5-2)34(32,33)20-10-11-23-19(14-20)15-24(29(23)17(3)30)25(31)26-13-12-18-16-27-22-9-7-6-8-21(18)22/h6-11,14,16,24,27H,4-5,12-13,15H2,1-3H3,(H,26,31). The van der Waals surface area contributed by atoms with Crippen LogP contribution in [0.15, 0.2) is 53.6 Å². The van der Waals surface area contributed by atoms with E-state index in [2.05, 4.69) is 10.3 Å². The van der Waals surface area contributed by atoms with Crippen molar-refractivity contribution in [1.82, 2.24) is 14.6 Å². The molecule has 180 valence electrons. The molecule has 2 N–H and O–H groups in total. The smallest absolute Gasteiger partial charge is 0.243 e. The lowest BCUT2D eigenvalue weighted by atomic mass is 10.1. The molecule has 0 aliphatic carbocycles. The highest BCUT2D eigenvalue weighted by Crippen LogP contribution is 2.35. The Balaban J connectivity index is 1.50. The average molecular weight is 483 g/mol. The highest BCUT2D eigenvalue weighted by Gasteiger charge is 2.37. The molecule has 2 amide bonds. The van der Waals surface area contributed by atoms with E-state index in [1.165, 1.54) is 22.2 Å². The molecule has 8 nitrogen and oxygen atoms in total. The summed E-state index contributed by atoms with van der Waals surface area (Å²) in [7, 11) is -3.63. The lowest BCUT2D eigenvalue weighted by molar-refractivity contribution is -0.125. The van der Waals surface area contributed by atoms with Crippen LogP contribution in [0.2, 0.25) is 0 Å². The Bertz CT molecular complexity index is 1330. The maximum Gasteiger partial charge on any atom is 0.243 e. The van der Waals surface area contributed by atoms with Gasteiger partial charge in [-0.05, 0) is 41.8 Å². The van der Waals surface area contributed by atoms with Gasteiger partial charge in [0.2, 0.25) is 21.8 Å². The predicted octanol–water partition coefficient (Wildman–Crippen LogP) is 2.83. The fourth-order valence-electron chi connectivity index (χ4n) is 4.68. The molecule has 0 bridgehead atoms. The van der Waals surface area contributed by atoms with E-state index >= 15 is 0 Å².